The second-order valence-corrected chi connectivity index (χ2v) is 3.34. The SMILES string of the molecule is Cc1cnc2cc(B(O)O)ccc2c1. The van der Waals surface area contributed by atoms with Gasteiger partial charge < -0.3 is 10.0 Å². The summed E-state index contributed by atoms with van der Waals surface area (Å²) in [6.45, 7) is 1.97. The summed E-state index contributed by atoms with van der Waals surface area (Å²) in [4.78, 5) is 4.20. The van der Waals surface area contributed by atoms with Crippen LogP contribution in [0.4, 0.5) is 0 Å². The zero-order valence-electron chi connectivity index (χ0n) is 7.81. The van der Waals surface area contributed by atoms with Gasteiger partial charge in [-0.1, -0.05) is 12.1 Å². The molecule has 2 aromatic rings. The summed E-state index contributed by atoms with van der Waals surface area (Å²) < 4.78 is 0. The van der Waals surface area contributed by atoms with Crippen LogP contribution in [0.15, 0.2) is 30.5 Å². The Morgan fingerprint density at radius 3 is 2.71 bits per heavy atom. The zero-order valence-corrected chi connectivity index (χ0v) is 7.81. The number of benzene rings is 1. The highest BCUT2D eigenvalue weighted by Gasteiger charge is 2.10. The van der Waals surface area contributed by atoms with E-state index in [0.717, 1.165) is 16.5 Å². The lowest BCUT2D eigenvalue weighted by atomic mass is 9.80. The van der Waals surface area contributed by atoms with E-state index in [4.69, 9.17) is 10.0 Å². The lowest BCUT2D eigenvalue weighted by Crippen LogP contribution is -2.29. The molecule has 4 heteroatoms. The van der Waals surface area contributed by atoms with Crippen molar-refractivity contribution in [1.29, 1.82) is 0 Å². The second-order valence-electron chi connectivity index (χ2n) is 3.34. The first-order valence-electron chi connectivity index (χ1n) is 4.39. The Labute approximate surface area is 82.2 Å². The summed E-state index contributed by atoms with van der Waals surface area (Å²) >= 11 is 0. The number of pyridine rings is 1. The molecule has 2 N–H and O–H groups in total. The molecule has 0 fully saturated rings. The van der Waals surface area contributed by atoms with Crippen LogP contribution in [0.25, 0.3) is 10.9 Å². The molecule has 0 atom stereocenters. The summed E-state index contributed by atoms with van der Waals surface area (Å²) in [6, 6.07) is 7.22. The number of rotatable bonds is 1. The average molecular weight is 187 g/mol. The maximum absolute atomic E-state index is 8.97. The predicted molar refractivity (Wildman–Crippen MR) is 56.3 cm³/mol. The molecule has 0 saturated heterocycles. The Hall–Kier alpha value is -1.39. The molecule has 0 saturated carbocycles. The van der Waals surface area contributed by atoms with E-state index in [-0.39, 0.29) is 0 Å². The highest BCUT2D eigenvalue weighted by molar-refractivity contribution is 6.58. The van der Waals surface area contributed by atoms with E-state index < -0.39 is 7.12 Å². The maximum atomic E-state index is 8.97. The minimum absolute atomic E-state index is 0.467. The van der Waals surface area contributed by atoms with Crippen molar-refractivity contribution in [1.82, 2.24) is 4.98 Å². The normalized spacial score (nSPS) is 10.5. The van der Waals surface area contributed by atoms with Crippen LogP contribution in [0.3, 0.4) is 0 Å². The van der Waals surface area contributed by atoms with Crippen LogP contribution in [0, 0.1) is 6.92 Å². The molecule has 14 heavy (non-hydrogen) atoms. The van der Waals surface area contributed by atoms with Crippen LogP contribution in [0.2, 0.25) is 0 Å². The summed E-state index contributed by atoms with van der Waals surface area (Å²) in [7, 11) is -1.43. The van der Waals surface area contributed by atoms with Gasteiger partial charge >= 0.3 is 7.12 Å². The Kier molecular flexibility index (Phi) is 2.23. The first kappa shape index (κ1) is 9.18. The molecule has 0 radical (unpaired) electrons. The van der Waals surface area contributed by atoms with Gasteiger partial charge in [-0.05, 0) is 30.1 Å². The van der Waals surface area contributed by atoms with Crippen LogP contribution in [-0.4, -0.2) is 22.2 Å². The molecule has 3 nitrogen and oxygen atoms in total. The summed E-state index contributed by atoms with van der Waals surface area (Å²) in [6.07, 6.45) is 1.76. The van der Waals surface area contributed by atoms with Crippen LogP contribution in [-0.2, 0) is 0 Å². The van der Waals surface area contributed by atoms with Crippen molar-refractivity contribution in [2.24, 2.45) is 0 Å². The van der Waals surface area contributed by atoms with Crippen molar-refractivity contribution in [3.05, 3.63) is 36.0 Å². The van der Waals surface area contributed by atoms with Gasteiger partial charge in [-0.2, -0.15) is 0 Å². The van der Waals surface area contributed by atoms with E-state index >= 15 is 0 Å². The third kappa shape index (κ3) is 1.62. The molecule has 1 aromatic heterocycles. The van der Waals surface area contributed by atoms with Crippen molar-refractivity contribution in [2.75, 3.05) is 0 Å². The van der Waals surface area contributed by atoms with Crippen LogP contribution in [0.1, 0.15) is 5.56 Å². The highest BCUT2D eigenvalue weighted by Crippen LogP contribution is 2.10. The molecular weight excluding hydrogens is 177 g/mol. The Bertz CT molecular complexity index is 471. The molecule has 70 valence electrons. The van der Waals surface area contributed by atoms with Gasteiger partial charge in [0.25, 0.3) is 0 Å². The van der Waals surface area contributed by atoms with Gasteiger partial charge in [0.15, 0.2) is 0 Å². The Morgan fingerprint density at radius 2 is 2.00 bits per heavy atom. The van der Waals surface area contributed by atoms with E-state index in [1.165, 1.54) is 0 Å². The molecular formula is C10H10BNO2. The lowest BCUT2D eigenvalue weighted by molar-refractivity contribution is 0.426. The van der Waals surface area contributed by atoms with Crippen LogP contribution < -0.4 is 5.46 Å². The smallest absolute Gasteiger partial charge is 0.423 e. The predicted octanol–water partition coefficient (Wildman–Crippen LogP) is 0.223. The van der Waals surface area contributed by atoms with Gasteiger partial charge in [0.2, 0.25) is 0 Å². The first-order valence-corrected chi connectivity index (χ1v) is 4.39. The van der Waals surface area contributed by atoms with Crippen molar-refractivity contribution in [3.63, 3.8) is 0 Å². The quantitative estimate of drug-likeness (QED) is 0.628. The summed E-state index contributed by atoms with van der Waals surface area (Å²) in [5.41, 5.74) is 2.34. The minimum atomic E-state index is -1.43. The molecule has 0 unspecified atom stereocenters. The number of fused-ring (bicyclic) bond motifs is 1. The standard InChI is InChI=1S/C10H10BNO2/c1-7-4-8-2-3-9(11(13)14)5-10(8)12-6-7/h2-6,13-14H,1H3. The van der Waals surface area contributed by atoms with Crippen LogP contribution >= 0.6 is 0 Å². The van der Waals surface area contributed by atoms with Crippen molar-refractivity contribution < 1.29 is 10.0 Å². The summed E-state index contributed by atoms with van der Waals surface area (Å²) in [5.74, 6) is 0. The fraction of sp³-hybridized carbons (Fsp3) is 0.100. The molecule has 0 aliphatic rings. The molecule has 2 rings (SSSR count). The minimum Gasteiger partial charge on any atom is -0.423 e. The van der Waals surface area contributed by atoms with E-state index in [2.05, 4.69) is 4.98 Å². The van der Waals surface area contributed by atoms with Crippen LogP contribution in [0.5, 0.6) is 0 Å². The van der Waals surface area contributed by atoms with E-state index in [0.29, 0.717) is 5.46 Å². The average Bonchev–Trinajstić information content (AvgIpc) is 2.16. The first-order chi connectivity index (χ1) is 6.66. The fourth-order valence-electron chi connectivity index (χ4n) is 1.41. The lowest BCUT2D eigenvalue weighted by Gasteiger charge is -2.02. The Morgan fingerprint density at radius 1 is 1.21 bits per heavy atom. The maximum Gasteiger partial charge on any atom is 0.488 e. The second kappa shape index (κ2) is 3.40. The van der Waals surface area contributed by atoms with E-state index in [9.17, 15) is 0 Å². The third-order valence-corrected chi connectivity index (χ3v) is 2.14. The van der Waals surface area contributed by atoms with E-state index in [1.807, 2.05) is 19.1 Å². The number of hydrogen-bond acceptors (Lipinski definition) is 3. The molecule has 0 bridgehead atoms. The molecule has 1 aromatic carbocycles. The molecule has 0 aliphatic carbocycles. The molecule has 1 heterocycles. The zero-order chi connectivity index (χ0) is 10.1. The summed E-state index contributed by atoms with van der Waals surface area (Å²) in [5, 5.41) is 18.9. The van der Waals surface area contributed by atoms with Gasteiger partial charge in [-0.3, -0.25) is 4.98 Å². The molecule has 0 amide bonds. The van der Waals surface area contributed by atoms with Gasteiger partial charge in [0.1, 0.15) is 0 Å². The number of aromatic nitrogens is 1. The number of nitrogens with zero attached hydrogens (tertiary/aromatic N) is 1. The highest BCUT2D eigenvalue weighted by atomic mass is 16.4. The van der Waals surface area contributed by atoms with Gasteiger partial charge in [0.05, 0.1) is 5.52 Å². The van der Waals surface area contributed by atoms with Gasteiger partial charge in [-0.25, -0.2) is 0 Å². The fourth-order valence-corrected chi connectivity index (χ4v) is 1.41. The molecule has 0 spiro atoms. The van der Waals surface area contributed by atoms with Gasteiger partial charge in [-0.15, -0.1) is 0 Å². The number of aryl methyl sites for hydroxylation is 1. The molecule has 0 aliphatic heterocycles. The largest absolute Gasteiger partial charge is 0.488 e. The van der Waals surface area contributed by atoms with Crippen molar-refractivity contribution in [3.8, 4) is 0 Å². The van der Waals surface area contributed by atoms with Crippen molar-refractivity contribution >= 4 is 23.5 Å². The Balaban J connectivity index is 2.62. The monoisotopic (exact) mass is 187 g/mol. The van der Waals surface area contributed by atoms with E-state index in [1.54, 1.807) is 18.3 Å². The topological polar surface area (TPSA) is 53.4 Å². The van der Waals surface area contributed by atoms with Gasteiger partial charge in [0, 0.05) is 11.6 Å². The third-order valence-electron chi connectivity index (χ3n) is 2.14. The van der Waals surface area contributed by atoms with Crippen molar-refractivity contribution in [2.45, 2.75) is 6.92 Å². The number of hydrogen-bond donors (Lipinski definition) is 2.